The lowest BCUT2D eigenvalue weighted by atomic mass is 9.92. The second-order valence-electron chi connectivity index (χ2n) is 6.11. The second-order valence-corrected chi connectivity index (χ2v) is 11.1. The van der Waals surface area contributed by atoms with Crippen LogP contribution >= 0.6 is 0 Å². The highest BCUT2D eigenvalue weighted by molar-refractivity contribution is 6.80. The van der Waals surface area contributed by atoms with Gasteiger partial charge < -0.3 is 15.2 Å². The van der Waals surface area contributed by atoms with E-state index in [1.165, 1.54) is 31.0 Å². The summed E-state index contributed by atoms with van der Waals surface area (Å²) in [6.45, 7) is 3.56. The minimum absolute atomic E-state index is 0.0974. The van der Waals surface area contributed by atoms with Gasteiger partial charge in [-0.15, -0.1) is 0 Å². The van der Waals surface area contributed by atoms with Crippen LogP contribution in [0.4, 0.5) is 4.79 Å². The molecule has 0 atom stereocenters. The van der Waals surface area contributed by atoms with Crippen molar-refractivity contribution in [2.75, 3.05) is 6.61 Å². The van der Waals surface area contributed by atoms with Gasteiger partial charge in [0, 0.05) is 0 Å². The Bertz CT molecular complexity index is 394. The lowest BCUT2D eigenvalue weighted by molar-refractivity contribution is -0.145. The van der Waals surface area contributed by atoms with Gasteiger partial charge in [-0.25, -0.2) is 9.59 Å². The van der Waals surface area contributed by atoms with Gasteiger partial charge in [-0.2, -0.15) is 0 Å². The molecule has 2 saturated heterocycles. The zero-order valence-electron chi connectivity index (χ0n) is 11.8. The first kappa shape index (κ1) is 15.1. The summed E-state index contributed by atoms with van der Waals surface area (Å²) in [5, 5.41) is 12.1. The van der Waals surface area contributed by atoms with E-state index >= 15 is 0 Å². The fourth-order valence-corrected chi connectivity index (χ4v) is 9.00. The van der Waals surface area contributed by atoms with Gasteiger partial charge >= 0.3 is 12.1 Å². The molecule has 0 aromatic carbocycles. The summed E-state index contributed by atoms with van der Waals surface area (Å²) in [6, 6.07) is 4.70. The Balaban J connectivity index is 1.99. The van der Waals surface area contributed by atoms with Crippen LogP contribution in [0.3, 0.4) is 0 Å². The van der Waals surface area contributed by atoms with Crippen molar-refractivity contribution in [2.24, 2.45) is 0 Å². The van der Waals surface area contributed by atoms with E-state index in [0.29, 0.717) is 12.8 Å². The molecule has 1 amide bonds. The molecule has 0 unspecified atom stereocenters. The van der Waals surface area contributed by atoms with E-state index in [9.17, 15) is 14.7 Å². The Morgan fingerprint density at radius 3 is 2.35 bits per heavy atom. The number of alkyl carbamates (subject to hydrolysis) is 1. The normalized spacial score (nSPS) is 23.2. The Labute approximate surface area is 120 Å². The molecule has 0 bridgehead atoms. The Morgan fingerprint density at radius 1 is 1.25 bits per heavy atom. The van der Waals surface area contributed by atoms with Crippen LogP contribution < -0.4 is 5.32 Å². The quantitative estimate of drug-likeness (QED) is 0.618. The van der Waals surface area contributed by atoms with E-state index in [1.54, 1.807) is 0 Å². The number of carboxylic acid groups (broad SMARTS) is 1. The Kier molecular flexibility index (Phi) is 4.52. The number of carbonyl (C=O) groups is 2. The molecule has 0 aliphatic carbocycles. The van der Waals surface area contributed by atoms with E-state index in [4.69, 9.17) is 4.74 Å². The minimum Gasteiger partial charge on any atom is -0.480 e. The average molecular weight is 297 g/mol. The third-order valence-electron chi connectivity index (χ3n) is 4.91. The van der Waals surface area contributed by atoms with Crippen molar-refractivity contribution in [3.63, 3.8) is 0 Å². The monoisotopic (exact) mass is 297 g/mol. The zero-order chi connectivity index (χ0) is 14.6. The summed E-state index contributed by atoms with van der Waals surface area (Å²) in [7, 11) is -1.20. The summed E-state index contributed by atoms with van der Waals surface area (Å²) in [5.41, 5.74) is -1.13. The maximum absolute atomic E-state index is 11.7. The summed E-state index contributed by atoms with van der Waals surface area (Å²) < 4.78 is 4.87. The van der Waals surface area contributed by atoms with E-state index in [-0.39, 0.29) is 6.61 Å². The molecular weight excluding hydrogens is 274 g/mol. The maximum Gasteiger partial charge on any atom is 0.408 e. The van der Waals surface area contributed by atoms with E-state index in [1.807, 2.05) is 0 Å². The number of carboxylic acids is 1. The highest BCUT2D eigenvalue weighted by Crippen LogP contribution is 2.45. The largest absolute Gasteiger partial charge is 0.480 e. The van der Waals surface area contributed by atoms with Gasteiger partial charge in [0.15, 0.2) is 0 Å². The Morgan fingerprint density at radius 2 is 1.85 bits per heavy atom. The summed E-state index contributed by atoms with van der Waals surface area (Å²) in [6.07, 6.45) is 4.53. The van der Waals surface area contributed by atoms with Crippen molar-refractivity contribution in [2.45, 2.75) is 55.4 Å². The molecule has 20 heavy (non-hydrogen) atoms. The topological polar surface area (TPSA) is 75.6 Å². The fourth-order valence-electron chi connectivity index (χ4n) is 3.59. The lowest BCUT2D eigenvalue weighted by Crippen LogP contribution is -2.59. The van der Waals surface area contributed by atoms with E-state index in [2.05, 4.69) is 11.9 Å². The minimum atomic E-state index is -1.20. The molecule has 0 aromatic heterocycles. The molecule has 2 aliphatic heterocycles. The van der Waals surface area contributed by atoms with Crippen LogP contribution in [0.5, 0.6) is 0 Å². The number of rotatable bonds is 4. The molecule has 0 aromatic rings. The number of hydrogen-bond donors (Lipinski definition) is 2. The van der Waals surface area contributed by atoms with Gasteiger partial charge in [-0.3, -0.25) is 0 Å². The van der Waals surface area contributed by atoms with Gasteiger partial charge in [-0.05, 0) is 12.8 Å². The summed E-state index contributed by atoms with van der Waals surface area (Å²) >= 11 is 0. The zero-order valence-corrected chi connectivity index (χ0v) is 12.8. The van der Waals surface area contributed by atoms with Crippen molar-refractivity contribution in [1.29, 1.82) is 0 Å². The standard InChI is InChI=1S/C14H23NO4Si/c1-2-7-19-13(18)15-14(12(16)17)5-10-20(11-6-14)8-3-4-9-20/h2H,1,3-11H2,(H,15,18)(H,16,17). The molecule has 2 fully saturated rings. The SMILES string of the molecule is C=CCOC(=O)NC1(C(=O)O)CC[Si]2(CCCC2)CC1. The predicted molar refractivity (Wildman–Crippen MR) is 78.5 cm³/mol. The van der Waals surface area contributed by atoms with Crippen LogP contribution in [0.25, 0.3) is 0 Å². The number of ether oxygens (including phenoxy) is 1. The molecule has 112 valence electrons. The first-order valence-corrected chi connectivity index (χ1v) is 10.1. The van der Waals surface area contributed by atoms with Crippen LogP contribution in [-0.2, 0) is 9.53 Å². The maximum atomic E-state index is 11.7. The van der Waals surface area contributed by atoms with Crippen molar-refractivity contribution in [3.8, 4) is 0 Å². The van der Waals surface area contributed by atoms with Gasteiger partial charge in [0.25, 0.3) is 0 Å². The number of amides is 1. The highest BCUT2D eigenvalue weighted by atomic mass is 28.3. The number of carbonyl (C=O) groups excluding carboxylic acids is 1. The molecule has 0 saturated carbocycles. The number of aliphatic carboxylic acids is 1. The van der Waals surface area contributed by atoms with Crippen molar-refractivity contribution < 1.29 is 19.4 Å². The van der Waals surface area contributed by atoms with Crippen LogP contribution in [0.15, 0.2) is 12.7 Å². The summed E-state index contributed by atoms with van der Waals surface area (Å²) in [5.74, 6) is -0.935. The van der Waals surface area contributed by atoms with Gasteiger partial charge in [0.05, 0.1) is 8.07 Å². The van der Waals surface area contributed by atoms with Gasteiger partial charge in [-0.1, -0.05) is 49.7 Å². The molecule has 2 rings (SSSR count). The van der Waals surface area contributed by atoms with Crippen LogP contribution in [0.1, 0.15) is 25.7 Å². The van der Waals surface area contributed by atoms with Crippen LogP contribution in [-0.4, -0.2) is 37.4 Å². The first-order valence-electron chi connectivity index (χ1n) is 7.31. The van der Waals surface area contributed by atoms with Crippen molar-refractivity contribution in [3.05, 3.63) is 12.7 Å². The van der Waals surface area contributed by atoms with E-state index < -0.39 is 25.7 Å². The molecule has 0 radical (unpaired) electrons. The van der Waals surface area contributed by atoms with Gasteiger partial charge in [0.1, 0.15) is 12.1 Å². The summed E-state index contributed by atoms with van der Waals surface area (Å²) in [4.78, 5) is 23.3. The third kappa shape index (κ3) is 3.05. The third-order valence-corrected chi connectivity index (χ3v) is 10.4. The van der Waals surface area contributed by atoms with Crippen molar-refractivity contribution >= 4 is 20.1 Å². The molecule has 1 spiro atoms. The highest BCUT2D eigenvalue weighted by Gasteiger charge is 2.50. The fraction of sp³-hybridized carbons (Fsp3) is 0.714. The molecular formula is C14H23NO4Si. The predicted octanol–water partition coefficient (Wildman–Crippen LogP) is 2.76. The second kappa shape index (κ2) is 5.99. The van der Waals surface area contributed by atoms with Crippen LogP contribution in [0.2, 0.25) is 24.2 Å². The molecule has 2 N–H and O–H groups in total. The average Bonchev–Trinajstić information content (AvgIpc) is 2.88. The smallest absolute Gasteiger partial charge is 0.408 e. The van der Waals surface area contributed by atoms with Crippen LogP contribution in [0, 0.1) is 0 Å². The number of nitrogens with one attached hydrogen (secondary N) is 1. The lowest BCUT2D eigenvalue weighted by Gasteiger charge is -2.41. The van der Waals surface area contributed by atoms with Gasteiger partial charge in [0.2, 0.25) is 0 Å². The first-order chi connectivity index (χ1) is 9.52. The molecule has 2 aliphatic rings. The Hall–Kier alpha value is -1.30. The molecule has 5 nitrogen and oxygen atoms in total. The molecule has 6 heteroatoms. The number of hydrogen-bond acceptors (Lipinski definition) is 3. The van der Waals surface area contributed by atoms with E-state index in [0.717, 1.165) is 12.1 Å². The molecule has 2 heterocycles. The van der Waals surface area contributed by atoms with Crippen molar-refractivity contribution in [1.82, 2.24) is 5.32 Å².